The zero-order valence-corrected chi connectivity index (χ0v) is 20.6. The van der Waals surface area contributed by atoms with Crippen molar-refractivity contribution < 1.29 is 14.2 Å². The number of para-hydroxylation sites is 1. The lowest BCUT2D eigenvalue weighted by molar-refractivity contribution is 0.223. The predicted molar refractivity (Wildman–Crippen MR) is 130 cm³/mol. The second kappa shape index (κ2) is 10.4. The molecule has 2 heterocycles. The maximum absolute atomic E-state index is 6.38. The third kappa shape index (κ3) is 4.78. The largest absolute Gasteiger partial charge is 0.490 e. The van der Waals surface area contributed by atoms with Gasteiger partial charge in [0, 0.05) is 22.6 Å². The number of nitrogens with one attached hydrogen (secondary N) is 1. The van der Waals surface area contributed by atoms with Gasteiger partial charge in [-0.2, -0.15) is 4.98 Å². The van der Waals surface area contributed by atoms with Crippen LogP contribution in [0.4, 0.5) is 5.69 Å². The quantitative estimate of drug-likeness (QED) is 0.359. The molecule has 1 N–H and O–H groups in total. The molecule has 1 atom stereocenters. The van der Waals surface area contributed by atoms with Crippen LogP contribution >= 0.6 is 27.7 Å². The summed E-state index contributed by atoms with van der Waals surface area (Å²) in [5.41, 5.74) is 3.27. The van der Waals surface area contributed by atoms with Crippen LogP contribution in [-0.4, -0.2) is 34.1 Å². The molecule has 32 heavy (non-hydrogen) atoms. The summed E-state index contributed by atoms with van der Waals surface area (Å²) in [6, 6.07) is 11.8. The Kier molecular flexibility index (Phi) is 7.36. The van der Waals surface area contributed by atoms with E-state index in [0.717, 1.165) is 33.5 Å². The highest BCUT2D eigenvalue weighted by Crippen LogP contribution is 2.43. The van der Waals surface area contributed by atoms with Gasteiger partial charge in [-0.05, 0) is 54.4 Å². The Morgan fingerprint density at radius 1 is 1.09 bits per heavy atom. The molecule has 1 aliphatic rings. The van der Waals surface area contributed by atoms with Crippen molar-refractivity contribution in [2.24, 2.45) is 0 Å². The molecule has 0 bridgehead atoms. The molecule has 168 valence electrons. The SMILES string of the molecule is CCCSc1nnc2c(n1)O[C@@H](c1cc(Br)c(OCC)c(OCC)c1)Nc1ccccc1-2. The summed E-state index contributed by atoms with van der Waals surface area (Å²) >= 11 is 5.20. The van der Waals surface area contributed by atoms with Gasteiger partial charge in [-0.15, -0.1) is 10.2 Å². The zero-order valence-electron chi connectivity index (χ0n) is 18.2. The van der Waals surface area contributed by atoms with Crippen LogP contribution in [0.25, 0.3) is 11.3 Å². The average molecular weight is 517 g/mol. The van der Waals surface area contributed by atoms with Gasteiger partial charge in [-0.25, -0.2) is 0 Å². The fraction of sp³-hybridized carbons (Fsp3) is 0.348. The molecule has 3 aromatic rings. The van der Waals surface area contributed by atoms with Gasteiger partial charge >= 0.3 is 0 Å². The van der Waals surface area contributed by atoms with Crippen molar-refractivity contribution in [3.8, 4) is 28.6 Å². The Hall–Kier alpha value is -2.52. The Morgan fingerprint density at radius 3 is 2.69 bits per heavy atom. The fourth-order valence-corrected chi connectivity index (χ4v) is 4.55. The summed E-state index contributed by atoms with van der Waals surface area (Å²) in [4.78, 5) is 4.67. The highest BCUT2D eigenvalue weighted by molar-refractivity contribution is 9.10. The Morgan fingerprint density at radius 2 is 1.91 bits per heavy atom. The number of benzene rings is 2. The number of halogens is 1. The van der Waals surface area contributed by atoms with E-state index in [1.165, 1.54) is 0 Å². The van der Waals surface area contributed by atoms with Gasteiger partial charge in [0.25, 0.3) is 0 Å². The molecule has 0 amide bonds. The Balaban J connectivity index is 1.78. The molecule has 1 aromatic heterocycles. The fourth-order valence-electron chi connectivity index (χ4n) is 3.34. The van der Waals surface area contributed by atoms with E-state index in [1.807, 2.05) is 50.2 Å². The number of nitrogens with zero attached hydrogens (tertiary/aromatic N) is 3. The van der Waals surface area contributed by atoms with Crippen LogP contribution in [-0.2, 0) is 0 Å². The number of hydrogen-bond acceptors (Lipinski definition) is 8. The second-order valence-electron chi connectivity index (χ2n) is 6.98. The van der Waals surface area contributed by atoms with E-state index in [1.54, 1.807) is 11.8 Å². The normalized spacial score (nSPS) is 14.4. The summed E-state index contributed by atoms with van der Waals surface area (Å²) in [6.07, 6.45) is 0.517. The summed E-state index contributed by atoms with van der Waals surface area (Å²) in [5, 5.41) is 12.8. The maximum Gasteiger partial charge on any atom is 0.247 e. The third-order valence-corrected chi connectivity index (χ3v) is 6.32. The van der Waals surface area contributed by atoms with Crippen molar-refractivity contribution in [3.63, 3.8) is 0 Å². The lowest BCUT2D eigenvalue weighted by Gasteiger charge is -2.22. The van der Waals surface area contributed by atoms with Gasteiger partial charge < -0.3 is 19.5 Å². The lowest BCUT2D eigenvalue weighted by Crippen LogP contribution is -2.17. The molecule has 0 radical (unpaired) electrons. The summed E-state index contributed by atoms with van der Waals surface area (Å²) in [6.45, 7) is 7.08. The van der Waals surface area contributed by atoms with Crippen LogP contribution in [0.1, 0.15) is 39.0 Å². The Bertz CT molecular complexity index is 1100. The van der Waals surface area contributed by atoms with Gasteiger partial charge in [0.1, 0.15) is 0 Å². The van der Waals surface area contributed by atoms with Crippen molar-refractivity contribution in [3.05, 3.63) is 46.4 Å². The molecule has 2 aromatic carbocycles. The molecule has 0 fully saturated rings. The monoisotopic (exact) mass is 516 g/mol. The molecule has 0 saturated carbocycles. The molecular formula is C23H25BrN4O3S. The van der Waals surface area contributed by atoms with Crippen molar-refractivity contribution in [1.82, 2.24) is 15.2 Å². The zero-order chi connectivity index (χ0) is 22.5. The topological polar surface area (TPSA) is 78.4 Å². The third-order valence-electron chi connectivity index (χ3n) is 4.69. The van der Waals surface area contributed by atoms with Crippen molar-refractivity contribution in [1.29, 1.82) is 0 Å². The van der Waals surface area contributed by atoms with E-state index in [2.05, 4.69) is 43.4 Å². The van der Waals surface area contributed by atoms with Crippen molar-refractivity contribution >= 4 is 33.4 Å². The predicted octanol–water partition coefficient (Wildman–Crippen LogP) is 6.10. The molecular weight excluding hydrogens is 492 g/mol. The molecule has 0 unspecified atom stereocenters. The highest BCUT2D eigenvalue weighted by Gasteiger charge is 2.27. The molecule has 0 aliphatic carbocycles. The van der Waals surface area contributed by atoms with Gasteiger partial charge in [0.2, 0.25) is 11.0 Å². The number of fused-ring (bicyclic) bond motifs is 3. The first-order valence-corrected chi connectivity index (χ1v) is 12.4. The first-order chi connectivity index (χ1) is 15.6. The van der Waals surface area contributed by atoms with Crippen LogP contribution in [0.2, 0.25) is 0 Å². The second-order valence-corrected chi connectivity index (χ2v) is 8.90. The standard InChI is InChI=1S/C23H25BrN4O3S/c1-4-11-32-23-26-22-19(27-28-23)15-9-7-8-10-17(15)25-21(31-22)14-12-16(24)20(30-6-3)18(13-14)29-5-2/h7-10,12-13,21,25H,4-6,11H2,1-3H3/t21-/m0/s1. The van der Waals surface area contributed by atoms with E-state index in [0.29, 0.717) is 41.4 Å². The van der Waals surface area contributed by atoms with E-state index < -0.39 is 6.23 Å². The van der Waals surface area contributed by atoms with E-state index in [4.69, 9.17) is 14.2 Å². The summed E-state index contributed by atoms with van der Waals surface area (Å²) < 4.78 is 18.8. The van der Waals surface area contributed by atoms with Crippen LogP contribution in [0.5, 0.6) is 17.4 Å². The summed E-state index contributed by atoms with van der Waals surface area (Å²) in [7, 11) is 0. The molecule has 7 nitrogen and oxygen atoms in total. The van der Waals surface area contributed by atoms with Gasteiger partial charge in [0.05, 0.1) is 17.7 Å². The average Bonchev–Trinajstić information content (AvgIpc) is 2.96. The number of aromatic nitrogens is 3. The minimum atomic E-state index is -0.510. The minimum absolute atomic E-state index is 0.448. The van der Waals surface area contributed by atoms with Crippen molar-refractivity contribution in [2.45, 2.75) is 38.6 Å². The lowest BCUT2D eigenvalue weighted by atomic mass is 10.1. The molecule has 9 heteroatoms. The molecule has 1 aliphatic heterocycles. The number of hydrogen-bond donors (Lipinski definition) is 1. The smallest absolute Gasteiger partial charge is 0.247 e. The Labute approximate surface area is 200 Å². The van der Waals surface area contributed by atoms with E-state index in [-0.39, 0.29) is 0 Å². The number of anilines is 1. The molecule has 0 spiro atoms. The number of rotatable bonds is 8. The van der Waals surface area contributed by atoms with E-state index in [9.17, 15) is 0 Å². The van der Waals surface area contributed by atoms with E-state index >= 15 is 0 Å². The maximum atomic E-state index is 6.38. The van der Waals surface area contributed by atoms with Crippen LogP contribution in [0.15, 0.2) is 46.0 Å². The first kappa shape index (κ1) is 22.7. The molecule has 4 rings (SSSR count). The molecule has 0 saturated heterocycles. The number of thioether (sulfide) groups is 1. The number of ether oxygens (including phenoxy) is 3. The highest BCUT2D eigenvalue weighted by atomic mass is 79.9. The first-order valence-electron chi connectivity index (χ1n) is 10.6. The van der Waals surface area contributed by atoms with Gasteiger partial charge in [0.15, 0.2) is 23.4 Å². The summed E-state index contributed by atoms with van der Waals surface area (Å²) in [5.74, 6) is 2.70. The van der Waals surface area contributed by atoms with Crippen molar-refractivity contribution in [2.75, 3.05) is 24.3 Å². The van der Waals surface area contributed by atoms with Gasteiger partial charge in [-0.3, -0.25) is 0 Å². The van der Waals surface area contributed by atoms with Gasteiger partial charge in [-0.1, -0.05) is 36.9 Å². The van der Waals surface area contributed by atoms with Crippen LogP contribution < -0.4 is 19.5 Å². The minimum Gasteiger partial charge on any atom is -0.490 e. The van der Waals surface area contributed by atoms with Crippen LogP contribution in [0.3, 0.4) is 0 Å². The van der Waals surface area contributed by atoms with Crippen LogP contribution in [0, 0.1) is 0 Å².